The molecule has 1 heterocycles. The fourth-order valence-corrected chi connectivity index (χ4v) is 2.91. The first kappa shape index (κ1) is 17.4. The number of benzene rings is 1. The average molecular weight is 337 g/mol. The lowest BCUT2D eigenvalue weighted by molar-refractivity contribution is 0.324. The van der Waals surface area contributed by atoms with Crippen molar-refractivity contribution >= 4 is 22.2 Å². The molecule has 0 fully saturated rings. The number of aromatic nitrogens is 1. The zero-order valence-electron chi connectivity index (χ0n) is 13.9. The Hall–Kier alpha value is -1.99. The third-order valence-electron chi connectivity index (χ3n) is 3.28. The third kappa shape index (κ3) is 4.49. The molecular weight excluding hydrogens is 314 g/mol. The highest BCUT2D eigenvalue weighted by Gasteiger charge is 2.14. The molecule has 2 rings (SSSR count). The lowest BCUT2D eigenvalue weighted by Gasteiger charge is -2.14. The van der Waals surface area contributed by atoms with Crippen LogP contribution in [0.1, 0.15) is 12.6 Å². The summed E-state index contributed by atoms with van der Waals surface area (Å²) in [6, 6.07) is 3.72. The van der Waals surface area contributed by atoms with Gasteiger partial charge in [0.1, 0.15) is 0 Å². The molecule has 1 aromatic carbocycles. The summed E-state index contributed by atoms with van der Waals surface area (Å²) in [6.07, 6.45) is 0.918. The smallest absolute Gasteiger partial charge is 0.203 e. The Balaban J connectivity index is 2.13. The highest BCUT2D eigenvalue weighted by molar-refractivity contribution is 7.13. The van der Waals surface area contributed by atoms with Gasteiger partial charge in [0.2, 0.25) is 5.75 Å². The van der Waals surface area contributed by atoms with Crippen LogP contribution in [-0.2, 0) is 6.42 Å². The number of hydrogen-bond donors (Lipinski definition) is 2. The maximum absolute atomic E-state index is 5.36. The highest BCUT2D eigenvalue weighted by atomic mass is 32.1. The molecular formula is C16H23N3O3S. The topological polar surface area (TPSA) is 64.6 Å². The molecule has 0 aliphatic rings. The second kappa shape index (κ2) is 8.59. The van der Waals surface area contributed by atoms with Gasteiger partial charge in [0.25, 0.3) is 0 Å². The van der Waals surface area contributed by atoms with E-state index in [4.69, 9.17) is 14.2 Å². The Labute approximate surface area is 140 Å². The number of methoxy groups -OCH3 is 3. The number of ether oxygens (including phenoxy) is 3. The van der Waals surface area contributed by atoms with Crippen LogP contribution < -0.4 is 24.8 Å². The van der Waals surface area contributed by atoms with Gasteiger partial charge in [-0.15, -0.1) is 11.3 Å². The van der Waals surface area contributed by atoms with Crippen molar-refractivity contribution in [1.29, 1.82) is 0 Å². The van der Waals surface area contributed by atoms with Crippen LogP contribution >= 0.6 is 11.3 Å². The summed E-state index contributed by atoms with van der Waals surface area (Å²) in [5, 5.41) is 9.49. The Morgan fingerprint density at radius 2 is 1.78 bits per heavy atom. The van der Waals surface area contributed by atoms with Gasteiger partial charge in [-0.3, -0.25) is 0 Å². The number of likely N-dealkylation sites (N-methyl/N-ethyl adjacent to an activating group) is 1. The number of rotatable bonds is 9. The van der Waals surface area contributed by atoms with Crippen LogP contribution in [0.25, 0.3) is 0 Å². The van der Waals surface area contributed by atoms with Crippen LogP contribution in [0.5, 0.6) is 17.2 Å². The first-order valence-corrected chi connectivity index (χ1v) is 8.31. The molecule has 0 unspecified atom stereocenters. The average Bonchev–Trinajstić information content (AvgIpc) is 3.01. The van der Waals surface area contributed by atoms with E-state index < -0.39 is 0 Å². The van der Waals surface area contributed by atoms with E-state index in [-0.39, 0.29) is 0 Å². The Morgan fingerprint density at radius 3 is 2.35 bits per heavy atom. The van der Waals surface area contributed by atoms with Gasteiger partial charge in [0.05, 0.1) is 27.0 Å². The molecule has 1 aromatic heterocycles. The van der Waals surface area contributed by atoms with Crippen LogP contribution in [0.2, 0.25) is 0 Å². The molecule has 0 atom stereocenters. The van der Waals surface area contributed by atoms with Crippen molar-refractivity contribution < 1.29 is 14.2 Å². The van der Waals surface area contributed by atoms with E-state index in [0.717, 1.165) is 36.0 Å². The fourth-order valence-electron chi connectivity index (χ4n) is 2.15. The SMILES string of the molecule is CCNCCc1csc(Nc2cc(OC)c(OC)c(OC)c2)n1. The van der Waals surface area contributed by atoms with E-state index in [1.54, 1.807) is 32.7 Å². The van der Waals surface area contributed by atoms with E-state index >= 15 is 0 Å². The summed E-state index contributed by atoms with van der Waals surface area (Å²) in [4.78, 5) is 4.59. The lowest BCUT2D eigenvalue weighted by atomic mass is 10.2. The summed E-state index contributed by atoms with van der Waals surface area (Å²) in [5.74, 6) is 1.79. The maximum atomic E-state index is 5.36. The van der Waals surface area contributed by atoms with Crippen molar-refractivity contribution in [1.82, 2.24) is 10.3 Å². The van der Waals surface area contributed by atoms with Gasteiger partial charge >= 0.3 is 0 Å². The van der Waals surface area contributed by atoms with Crippen LogP contribution in [0.4, 0.5) is 10.8 Å². The first-order chi connectivity index (χ1) is 11.2. The number of nitrogens with zero attached hydrogens (tertiary/aromatic N) is 1. The van der Waals surface area contributed by atoms with Gasteiger partial charge in [0, 0.05) is 36.2 Å². The molecule has 0 spiro atoms. The van der Waals surface area contributed by atoms with E-state index in [2.05, 4.69) is 27.9 Å². The minimum Gasteiger partial charge on any atom is -0.493 e. The minimum atomic E-state index is 0.575. The molecule has 0 aliphatic carbocycles. The van der Waals surface area contributed by atoms with Crippen molar-refractivity contribution in [2.24, 2.45) is 0 Å². The Bertz CT molecular complexity index is 606. The predicted molar refractivity (Wildman–Crippen MR) is 93.7 cm³/mol. The number of thiazole rings is 1. The lowest BCUT2D eigenvalue weighted by Crippen LogP contribution is -2.16. The van der Waals surface area contributed by atoms with Crippen molar-refractivity contribution in [2.45, 2.75) is 13.3 Å². The molecule has 0 radical (unpaired) electrons. The van der Waals surface area contributed by atoms with Crippen molar-refractivity contribution in [3.05, 3.63) is 23.2 Å². The molecule has 7 heteroatoms. The normalized spacial score (nSPS) is 10.4. The molecule has 6 nitrogen and oxygen atoms in total. The third-order valence-corrected chi connectivity index (χ3v) is 4.08. The van der Waals surface area contributed by atoms with Crippen molar-refractivity contribution in [3.8, 4) is 17.2 Å². The second-order valence-corrected chi connectivity index (χ2v) is 5.64. The molecule has 2 N–H and O–H groups in total. The van der Waals surface area contributed by atoms with Gasteiger partial charge in [-0.2, -0.15) is 0 Å². The summed E-state index contributed by atoms with van der Waals surface area (Å²) in [7, 11) is 4.79. The first-order valence-electron chi connectivity index (χ1n) is 7.44. The second-order valence-electron chi connectivity index (χ2n) is 4.79. The van der Waals surface area contributed by atoms with Gasteiger partial charge in [0.15, 0.2) is 16.6 Å². The molecule has 0 aliphatic heterocycles. The van der Waals surface area contributed by atoms with Gasteiger partial charge in [-0.25, -0.2) is 4.98 Å². The van der Waals surface area contributed by atoms with Gasteiger partial charge in [-0.05, 0) is 6.54 Å². The quantitative estimate of drug-likeness (QED) is 0.686. The molecule has 0 bridgehead atoms. The summed E-state index contributed by atoms with van der Waals surface area (Å²) < 4.78 is 16.0. The molecule has 0 saturated heterocycles. The fraction of sp³-hybridized carbons (Fsp3) is 0.438. The number of anilines is 2. The van der Waals surface area contributed by atoms with E-state index in [1.807, 2.05) is 12.1 Å². The Kier molecular flexibility index (Phi) is 6.49. The molecule has 2 aromatic rings. The predicted octanol–water partition coefficient (Wildman–Crippen LogP) is 3.06. The summed E-state index contributed by atoms with van der Waals surface area (Å²) in [6.45, 7) is 4.00. The monoisotopic (exact) mass is 337 g/mol. The number of nitrogens with one attached hydrogen (secondary N) is 2. The van der Waals surface area contributed by atoms with Gasteiger partial charge < -0.3 is 24.8 Å². The molecule has 23 heavy (non-hydrogen) atoms. The highest BCUT2D eigenvalue weighted by Crippen LogP contribution is 2.40. The van der Waals surface area contributed by atoms with Crippen LogP contribution in [0.3, 0.4) is 0 Å². The molecule has 0 saturated carbocycles. The minimum absolute atomic E-state index is 0.575. The summed E-state index contributed by atoms with van der Waals surface area (Å²) >= 11 is 1.58. The largest absolute Gasteiger partial charge is 0.493 e. The van der Waals surface area contributed by atoms with E-state index in [1.165, 1.54) is 0 Å². The zero-order valence-corrected chi connectivity index (χ0v) is 14.8. The van der Waals surface area contributed by atoms with Crippen LogP contribution in [-0.4, -0.2) is 39.4 Å². The summed E-state index contributed by atoms with van der Waals surface area (Å²) in [5.41, 5.74) is 1.91. The maximum Gasteiger partial charge on any atom is 0.203 e. The zero-order chi connectivity index (χ0) is 16.7. The van der Waals surface area contributed by atoms with E-state index in [0.29, 0.717) is 17.2 Å². The molecule has 126 valence electrons. The van der Waals surface area contributed by atoms with Gasteiger partial charge in [-0.1, -0.05) is 6.92 Å². The van der Waals surface area contributed by atoms with E-state index in [9.17, 15) is 0 Å². The molecule has 0 amide bonds. The standard InChI is InChI=1S/C16H23N3O3S/c1-5-17-7-6-11-10-23-16(18-11)19-12-8-13(20-2)15(22-4)14(9-12)21-3/h8-10,17H,5-7H2,1-4H3,(H,18,19). The Morgan fingerprint density at radius 1 is 1.09 bits per heavy atom. The number of hydrogen-bond acceptors (Lipinski definition) is 7. The van der Waals surface area contributed by atoms with Crippen molar-refractivity contribution in [3.63, 3.8) is 0 Å². The van der Waals surface area contributed by atoms with Crippen molar-refractivity contribution in [2.75, 3.05) is 39.7 Å². The van der Waals surface area contributed by atoms with Crippen LogP contribution in [0, 0.1) is 0 Å². The van der Waals surface area contributed by atoms with Crippen LogP contribution in [0.15, 0.2) is 17.5 Å².